The van der Waals surface area contributed by atoms with Gasteiger partial charge < -0.3 is 11.1 Å². The van der Waals surface area contributed by atoms with Crippen LogP contribution in [0.5, 0.6) is 0 Å². The van der Waals surface area contributed by atoms with E-state index in [1.807, 2.05) is 42.5 Å². The average Bonchev–Trinajstić information content (AvgIpc) is 2.58. The largest absolute Gasteiger partial charge is 0.349 e. The standard InChI is InChI=1S/C19H22N2OS/c20-14-10-12-15(13-11-14)21-19(22)17-8-4-5-9-18(17)23-16-6-2-1-3-7-16/h1-9,14-15H,10-13,20H2,(H,21,22). The van der Waals surface area contributed by atoms with E-state index < -0.39 is 0 Å². The molecule has 0 saturated heterocycles. The van der Waals surface area contributed by atoms with Crippen molar-refractivity contribution in [2.45, 2.75) is 47.6 Å². The van der Waals surface area contributed by atoms with Crippen LogP contribution in [0.2, 0.25) is 0 Å². The van der Waals surface area contributed by atoms with E-state index in [4.69, 9.17) is 5.73 Å². The Kier molecular flexibility index (Phi) is 5.36. The molecule has 2 aromatic carbocycles. The van der Waals surface area contributed by atoms with Crippen LogP contribution >= 0.6 is 11.8 Å². The van der Waals surface area contributed by atoms with Crippen LogP contribution in [0, 0.1) is 0 Å². The molecule has 0 spiro atoms. The van der Waals surface area contributed by atoms with Crippen LogP contribution in [-0.4, -0.2) is 18.0 Å². The highest BCUT2D eigenvalue weighted by molar-refractivity contribution is 7.99. The van der Waals surface area contributed by atoms with Crippen molar-refractivity contribution < 1.29 is 4.79 Å². The highest BCUT2D eigenvalue weighted by Crippen LogP contribution is 2.30. The summed E-state index contributed by atoms with van der Waals surface area (Å²) in [7, 11) is 0. The quantitative estimate of drug-likeness (QED) is 0.897. The normalized spacial score (nSPS) is 20.9. The Hall–Kier alpha value is -1.78. The molecule has 1 aliphatic carbocycles. The number of rotatable bonds is 4. The Labute approximate surface area is 141 Å². The van der Waals surface area contributed by atoms with Gasteiger partial charge in [-0.1, -0.05) is 42.1 Å². The summed E-state index contributed by atoms with van der Waals surface area (Å²) in [5.74, 6) is 0.0181. The van der Waals surface area contributed by atoms with Gasteiger partial charge in [-0.2, -0.15) is 0 Å². The molecule has 0 bridgehead atoms. The summed E-state index contributed by atoms with van der Waals surface area (Å²) in [6, 6.07) is 18.5. The van der Waals surface area contributed by atoms with Gasteiger partial charge in [0.15, 0.2) is 0 Å². The number of amides is 1. The fraction of sp³-hybridized carbons (Fsp3) is 0.316. The molecule has 120 valence electrons. The molecule has 3 rings (SSSR count). The monoisotopic (exact) mass is 326 g/mol. The van der Waals surface area contributed by atoms with Crippen LogP contribution in [0.15, 0.2) is 64.4 Å². The van der Waals surface area contributed by atoms with Crippen LogP contribution in [0.1, 0.15) is 36.0 Å². The molecule has 4 heteroatoms. The zero-order valence-corrected chi connectivity index (χ0v) is 13.9. The highest BCUT2D eigenvalue weighted by Gasteiger charge is 2.21. The second-order valence-electron chi connectivity index (χ2n) is 6.00. The predicted octanol–water partition coefficient (Wildman–Crippen LogP) is 3.84. The molecule has 0 aromatic heterocycles. The van der Waals surface area contributed by atoms with Gasteiger partial charge in [0.1, 0.15) is 0 Å². The third-order valence-electron chi connectivity index (χ3n) is 4.21. The van der Waals surface area contributed by atoms with E-state index in [1.54, 1.807) is 11.8 Å². The molecule has 2 aromatic rings. The predicted molar refractivity (Wildman–Crippen MR) is 94.7 cm³/mol. The Balaban J connectivity index is 1.70. The molecule has 0 aliphatic heterocycles. The van der Waals surface area contributed by atoms with Gasteiger partial charge in [0.25, 0.3) is 5.91 Å². The molecular formula is C19H22N2OS. The minimum atomic E-state index is 0.0181. The third kappa shape index (κ3) is 4.36. The van der Waals surface area contributed by atoms with Crippen LogP contribution in [0.3, 0.4) is 0 Å². The molecule has 3 N–H and O–H groups in total. The third-order valence-corrected chi connectivity index (χ3v) is 5.29. The molecule has 1 saturated carbocycles. The number of hydrogen-bond donors (Lipinski definition) is 2. The van der Waals surface area contributed by atoms with Gasteiger partial charge in [-0.25, -0.2) is 0 Å². The van der Waals surface area contributed by atoms with E-state index in [0.717, 1.165) is 41.0 Å². The van der Waals surface area contributed by atoms with Crippen molar-refractivity contribution in [3.63, 3.8) is 0 Å². The smallest absolute Gasteiger partial charge is 0.252 e. The Morgan fingerprint density at radius 1 is 0.957 bits per heavy atom. The van der Waals surface area contributed by atoms with Gasteiger partial charge in [-0.15, -0.1) is 0 Å². The fourth-order valence-corrected chi connectivity index (χ4v) is 3.85. The summed E-state index contributed by atoms with van der Waals surface area (Å²) in [4.78, 5) is 14.8. The lowest BCUT2D eigenvalue weighted by atomic mass is 9.91. The van der Waals surface area contributed by atoms with Crippen molar-refractivity contribution >= 4 is 17.7 Å². The van der Waals surface area contributed by atoms with E-state index in [-0.39, 0.29) is 11.9 Å². The Morgan fingerprint density at radius 2 is 1.61 bits per heavy atom. The van der Waals surface area contributed by atoms with Gasteiger partial charge in [0, 0.05) is 21.9 Å². The van der Waals surface area contributed by atoms with Crippen molar-refractivity contribution in [1.29, 1.82) is 0 Å². The minimum absolute atomic E-state index is 0.0181. The van der Waals surface area contributed by atoms with Crippen LogP contribution in [0.25, 0.3) is 0 Å². The van der Waals surface area contributed by atoms with Crippen LogP contribution in [0.4, 0.5) is 0 Å². The Bertz CT molecular complexity index is 651. The maximum Gasteiger partial charge on any atom is 0.252 e. The van der Waals surface area contributed by atoms with Gasteiger partial charge in [0.05, 0.1) is 5.56 Å². The first-order chi connectivity index (χ1) is 11.2. The number of hydrogen-bond acceptors (Lipinski definition) is 3. The van der Waals surface area contributed by atoms with Crippen molar-refractivity contribution in [3.05, 3.63) is 60.2 Å². The van der Waals surface area contributed by atoms with Crippen molar-refractivity contribution in [2.75, 3.05) is 0 Å². The lowest BCUT2D eigenvalue weighted by Gasteiger charge is -2.27. The fourth-order valence-electron chi connectivity index (χ4n) is 2.89. The average molecular weight is 326 g/mol. The van der Waals surface area contributed by atoms with Gasteiger partial charge >= 0.3 is 0 Å². The minimum Gasteiger partial charge on any atom is -0.349 e. The van der Waals surface area contributed by atoms with E-state index in [0.29, 0.717) is 6.04 Å². The summed E-state index contributed by atoms with van der Waals surface area (Å²) >= 11 is 1.62. The van der Waals surface area contributed by atoms with E-state index in [9.17, 15) is 4.79 Å². The number of nitrogens with one attached hydrogen (secondary N) is 1. The molecule has 0 unspecified atom stereocenters. The summed E-state index contributed by atoms with van der Waals surface area (Å²) in [5.41, 5.74) is 6.68. The van der Waals surface area contributed by atoms with E-state index in [1.165, 1.54) is 0 Å². The zero-order valence-electron chi connectivity index (χ0n) is 13.1. The number of benzene rings is 2. The van der Waals surface area contributed by atoms with Gasteiger partial charge in [-0.3, -0.25) is 4.79 Å². The zero-order chi connectivity index (χ0) is 16.1. The molecule has 1 aliphatic rings. The van der Waals surface area contributed by atoms with Gasteiger partial charge in [0.2, 0.25) is 0 Å². The first-order valence-electron chi connectivity index (χ1n) is 8.11. The molecule has 0 heterocycles. The molecule has 23 heavy (non-hydrogen) atoms. The van der Waals surface area contributed by atoms with Crippen molar-refractivity contribution in [3.8, 4) is 0 Å². The molecule has 3 nitrogen and oxygen atoms in total. The van der Waals surface area contributed by atoms with Gasteiger partial charge in [-0.05, 0) is 49.9 Å². The topological polar surface area (TPSA) is 55.1 Å². The summed E-state index contributed by atoms with van der Waals surface area (Å²) in [6.07, 6.45) is 3.93. The molecule has 0 atom stereocenters. The van der Waals surface area contributed by atoms with Crippen molar-refractivity contribution in [2.24, 2.45) is 5.73 Å². The first kappa shape index (κ1) is 16.1. The first-order valence-corrected chi connectivity index (χ1v) is 8.92. The molecule has 1 amide bonds. The second kappa shape index (κ2) is 7.66. The maximum absolute atomic E-state index is 12.6. The Morgan fingerprint density at radius 3 is 2.35 bits per heavy atom. The molecule has 1 fully saturated rings. The number of carbonyl (C=O) groups is 1. The number of nitrogens with two attached hydrogens (primary N) is 1. The summed E-state index contributed by atoms with van der Waals surface area (Å²) < 4.78 is 0. The lowest BCUT2D eigenvalue weighted by Crippen LogP contribution is -2.40. The van der Waals surface area contributed by atoms with E-state index in [2.05, 4.69) is 17.4 Å². The van der Waals surface area contributed by atoms with Crippen molar-refractivity contribution in [1.82, 2.24) is 5.32 Å². The molecule has 0 radical (unpaired) electrons. The SMILES string of the molecule is NC1CCC(NC(=O)c2ccccc2Sc2ccccc2)CC1. The van der Waals surface area contributed by atoms with Crippen LogP contribution < -0.4 is 11.1 Å². The van der Waals surface area contributed by atoms with E-state index >= 15 is 0 Å². The van der Waals surface area contributed by atoms with Crippen LogP contribution in [-0.2, 0) is 0 Å². The summed E-state index contributed by atoms with van der Waals surface area (Å²) in [6.45, 7) is 0. The lowest BCUT2D eigenvalue weighted by molar-refractivity contribution is 0.0923. The summed E-state index contributed by atoms with van der Waals surface area (Å²) in [5, 5.41) is 3.17. The maximum atomic E-state index is 12.6. The number of carbonyl (C=O) groups excluding carboxylic acids is 1. The molecular weight excluding hydrogens is 304 g/mol. The highest BCUT2D eigenvalue weighted by atomic mass is 32.2. The second-order valence-corrected chi connectivity index (χ2v) is 7.11.